The smallest absolute Gasteiger partial charge is 0.311 e. The highest BCUT2D eigenvalue weighted by molar-refractivity contribution is 5.69. The Bertz CT molecular complexity index is 366. The van der Waals surface area contributed by atoms with Crippen molar-refractivity contribution in [2.24, 2.45) is 0 Å². The number of methoxy groups -OCH3 is 2. The Morgan fingerprint density at radius 1 is 0.917 bits per heavy atom. The quantitative estimate of drug-likeness (QED) is 0.335. The molecule has 0 aliphatic carbocycles. The molecule has 0 saturated heterocycles. The molecule has 0 spiro atoms. The number of carbonyl (C=O) groups is 1. The number of nitrogens with zero attached hydrogens (tertiary/aromatic N) is 2. The molecule has 8 heteroatoms. The van der Waals surface area contributed by atoms with Crippen LogP contribution < -0.4 is 0 Å². The molecule has 0 fully saturated rings. The van der Waals surface area contributed by atoms with Crippen molar-refractivity contribution in [3.05, 3.63) is 12.4 Å². The zero-order valence-electron chi connectivity index (χ0n) is 14.9. The van der Waals surface area contributed by atoms with Gasteiger partial charge in [-0.2, -0.15) is 0 Å². The molecule has 1 atom stereocenters. The van der Waals surface area contributed by atoms with Gasteiger partial charge < -0.3 is 33.5 Å². The lowest BCUT2D eigenvalue weighted by Crippen LogP contribution is -2.43. The van der Waals surface area contributed by atoms with Crippen LogP contribution >= 0.6 is 0 Å². The van der Waals surface area contributed by atoms with Crippen LogP contribution in [0.4, 0.5) is 0 Å². The van der Waals surface area contributed by atoms with Crippen LogP contribution in [0.5, 0.6) is 0 Å². The number of hydrogen-bond acceptors (Lipinski definition) is 8. The third-order valence-electron chi connectivity index (χ3n) is 3.43. The van der Waals surface area contributed by atoms with Crippen molar-refractivity contribution in [3.63, 3.8) is 0 Å². The van der Waals surface area contributed by atoms with E-state index in [0.29, 0.717) is 46.2 Å². The Kier molecular flexibility index (Phi) is 11.2. The fourth-order valence-electron chi connectivity index (χ4n) is 2.08. The van der Waals surface area contributed by atoms with Gasteiger partial charge in [-0.3, -0.25) is 4.79 Å². The van der Waals surface area contributed by atoms with Gasteiger partial charge >= 0.3 is 5.97 Å². The third kappa shape index (κ3) is 7.96. The monoisotopic (exact) mass is 346 g/mol. The van der Waals surface area contributed by atoms with Crippen LogP contribution in [0.1, 0.15) is 13.3 Å². The topological polar surface area (TPSA) is 69.7 Å². The Morgan fingerprint density at radius 2 is 1.54 bits per heavy atom. The van der Waals surface area contributed by atoms with Gasteiger partial charge in [-0.1, -0.05) is 0 Å². The minimum atomic E-state index is -0.407. The Balaban J connectivity index is 2.17. The predicted octanol–water partition coefficient (Wildman–Crippen LogP) is 0.638. The second-order valence-corrected chi connectivity index (χ2v) is 5.14. The molecule has 8 nitrogen and oxygen atoms in total. The van der Waals surface area contributed by atoms with E-state index in [1.807, 2.05) is 29.1 Å². The molecule has 24 heavy (non-hydrogen) atoms. The van der Waals surface area contributed by atoms with E-state index in [1.54, 1.807) is 14.2 Å². The normalized spacial score (nSPS) is 16.9. The maximum atomic E-state index is 12.0. The summed E-state index contributed by atoms with van der Waals surface area (Å²) in [5, 5.41) is 0. The van der Waals surface area contributed by atoms with E-state index in [1.165, 1.54) is 0 Å². The maximum Gasteiger partial charge on any atom is 0.311 e. The minimum Gasteiger partial charge on any atom is -0.422 e. The van der Waals surface area contributed by atoms with Crippen LogP contribution in [0.3, 0.4) is 0 Å². The first-order valence-electron chi connectivity index (χ1n) is 8.25. The first-order valence-corrected chi connectivity index (χ1v) is 8.25. The van der Waals surface area contributed by atoms with E-state index in [-0.39, 0.29) is 12.4 Å². The van der Waals surface area contributed by atoms with Gasteiger partial charge in [0.25, 0.3) is 6.35 Å². The van der Waals surface area contributed by atoms with Crippen LogP contribution in [0.15, 0.2) is 12.4 Å². The fraction of sp³-hybridized carbons (Fsp3) is 0.812. The summed E-state index contributed by atoms with van der Waals surface area (Å²) in [4.78, 5) is 15.9. The van der Waals surface area contributed by atoms with Gasteiger partial charge in [0.1, 0.15) is 0 Å². The summed E-state index contributed by atoms with van der Waals surface area (Å²) in [7, 11) is 3.27. The fourth-order valence-corrected chi connectivity index (χ4v) is 2.08. The second kappa shape index (κ2) is 13.0. The largest absolute Gasteiger partial charge is 0.422 e. The van der Waals surface area contributed by atoms with Crippen molar-refractivity contribution >= 4 is 5.97 Å². The molecule has 0 saturated carbocycles. The van der Waals surface area contributed by atoms with Crippen LogP contribution in [0, 0.1) is 0 Å². The highest BCUT2D eigenvalue weighted by Gasteiger charge is 2.28. The molecule has 140 valence electrons. The van der Waals surface area contributed by atoms with Crippen molar-refractivity contribution in [2.75, 3.05) is 67.0 Å². The molecule has 1 aliphatic rings. The summed E-state index contributed by atoms with van der Waals surface area (Å²) >= 11 is 0. The van der Waals surface area contributed by atoms with E-state index < -0.39 is 6.35 Å². The molecule has 0 N–H and O–H groups in total. The summed E-state index contributed by atoms with van der Waals surface area (Å²) in [5.41, 5.74) is 0. The molecule has 0 radical (unpaired) electrons. The summed E-state index contributed by atoms with van der Waals surface area (Å²) in [6.07, 6.45) is 3.63. The summed E-state index contributed by atoms with van der Waals surface area (Å²) in [6, 6.07) is 0. The first-order chi connectivity index (χ1) is 11.7. The average Bonchev–Trinajstić information content (AvgIpc) is 2.97. The molecule has 0 aromatic carbocycles. The zero-order valence-corrected chi connectivity index (χ0v) is 14.9. The minimum absolute atomic E-state index is 0.213. The maximum absolute atomic E-state index is 12.0. The van der Waals surface area contributed by atoms with Gasteiger partial charge in [-0.05, 0) is 6.92 Å². The molecule has 1 rings (SSSR count). The summed E-state index contributed by atoms with van der Waals surface area (Å²) in [5.74, 6) is -0.287. The van der Waals surface area contributed by atoms with Gasteiger partial charge in [0.15, 0.2) is 0 Å². The van der Waals surface area contributed by atoms with Crippen LogP contribution in [-0.2, 0) is 28.5 Å². The highest BCUT2D eigenvalue weighted by atomic mass is 16.6. The Labute approximate surface area is 144 Å². The van der Waals surface area contributed by atoms with E-state index in [4.69, 9.17) is 23.7 Å². The average molecular weight is 346 g/mol. The second-order valence-electron chi connectivity index (χ2n) is 5.14. The van der Waals surface area contributed by atoms with Gasteiger partial charge in [0.2, 0.25) is 0 Å². The molecule has 0 aromatic heterocycles. The van der Waals surface area contributed by atoms with Gasteiger partial charge in [-0.15, -0.1) is 0 Å². The lowest BCUT2D eigenvalue weighted by molar-refractivity contribution is -0.170. The first kappa shape index (κ1) is 20.7. The zero-order chi connectivity index (χ0) is 17.6. The molecule has 1 heterocycles. The third-order valence-corrected chi connectivity index (χ3v) is 3.43. The van der Waals surface area contributed by atoms with Crippen molar-refractivity contribution in [3.8, 4) is 0 Å². The number of rotatable bonds is 14. The van der Waals surface area contributed by atoms with E-state index in [9.17, 15) is 4.79 Å². The van der Waals surface area contributed by atoms with E-state index in [2.05, 4.69) is 0 Å². The SMILES string of the molecule is CCN1C=CN(CCOC)C1OC(=O)CCOCCOCCOC. The summed E-state index contributed by atoms with van der Waals surface area (Å²) in [6.45, 7) is 6.36. The van der Waals surface area contributed by atoms with E-state index >= 15 is 0 Å². The molecule has 1 aliphatic heterocycles. The molecule has 0 amide bonds. The lowest BCUT2D eigenvalue weighted by Gasteiger charge is -2.31. The molecule has 0 aromatic rings. The summed E-state index contributed by atoms with van der Waals surface area (Å²) < 4.78 is 26.1. The van der Waals surface area contributed by atoms with Crippen molar-refractivity contribution < 1.29 is 28.5 Å². The standard InChI is InChI=1S/C16H30N2O6/c1-4-17-6-7-18(8-10-20-2)16(17)24-15(19)5-9-22-13-14-23-12-11-21-3/h6-7,16H,4-5,8-14H2,1-3H3. The number of esters is 1. The molecule has 1 unspecified atom stereocenters. The van der Waals surface area contributed by atoms with Gasteiger partial charge in [0, 0.05) is 39.7 Å². The predicted molar refractivity (Wildman–Crippen MR) is 88.1 cm³/mol. The van der Waals surface area contributed by atoms with Crippen LogP contribution in [0.2, 0.25) is 0 Å². The van der Waals surface area contributed by atoms with Crippen molar-refractivity contribution in [1.29, 1.82) is 0 Å². The van der Waals surface area contributed by atoms with Gasteiger partial charge in [0.05, 0.1) is 46.1 Å². The Hall–Kier alpha value is -1.35. The number of carbonyl (C=O) groups excluding carboxylic acids is 1. The van der Waals surface area contributed by atoms with Crippen LogP contribution in [0.25, 0.3) is 0 Å². The molecular formula is C16H30N2O6. The molecular weight excluding hydrogens is 316 g/mol. The lowest BCUT2D eigenvalue weighted by atomic mass is 10.4. The van der Waals surface area contributed by atoms with Gasteiger partial charge in [-0.25, -0.2) is 0 Å². The highest BCUT2D eigenvalue weighted by Crippen LogP contribution is 2.17. The van der Waals surface area contributed by atoms with Crippen molar-refractivity contribution in [1.82, 2.24) is 9.80 Å². The molecule has 0 bridgehead atoms. The number of ether oxygens (including phenoxy) is 5. The van der Waals surface area contributed by atoms with Crippen molar-refractivity contribution in [2.45, 2.75) is 19.7 Å². The number of hydrogen-bond donors (Lipinski definition) is 0. The Morgan fingerprint density at radius 3 is 2.21 bits per heavy atom. The van der Waals surface area contributed by atoms with Crippen LogP contribution in [-0.4, -0.2) is 89.1 Å². The van der Waals surface area contributed by atoms with E-state index in [0.717, 1.165) is 6.54 Å².